The van der Waals surface area contributed by atoms with Crippen molar-refractivity contribution in [1.82, 2.24) is 19.4 Å². The van der Waals surface area contributed by atoms with E-state index in [2.05, 4.69) is 52.5 Å². The SMILES string of the molecule is CC1C[C@@H](C)C2CC(n3c(C[C@@H]4CCCN(CCC(=O)O)C4)nc4ccccc43)CC1N2C1C[C@H]2CCCC[C@@H](C1)C2. The zero-order chi connectivity index (χ0) is 28.8. The number of fused-ring (bicyclic) bond motifs is 5. The molecule has 7 rings (SSSR count). The van der Waals surface area contributed by atoms with Crippen molar-refractivity contribution in [3.63, 3.8) is 0 Å². The van der Waals surface area contributed by atoms with Crippen LogP contribution in [0.3, 0.4) is 0 Å². The summed E-state index contributed by atoms with van der Waals surface area (Å²) in [6.45, 7) is 7.81. The van der Waals surface area contributed by atoms with Gasteiger partial charge in [-0.1, -0.05) is 51.7 Å². The largest absolute Gasteiger partial charge is 0.481 e. The van der Waals surface area contributed by atoms with Crippen LogP contribution in [-0.4, -0.2) is 68.2 Å². The Kier molecular flexibility index (Phi) is 8.39. The molecule has 4 heterocycles. The number of nitrogens with zero attached hydrogens (tertiary/aromatic N) is 4. The van der Waals surface area contributed by atoms with Gasteiger partial charge in [0.15, 0.2) is 0 Å². The van der Waals surface area contributed by atoms with Crippen molar-refractivity contribution in [2.24, 2.45) is 29.6 Å². The lowest BCUT2D eigenvalue weighted by atomic mass is 9.68. The van der Waals surface area contributed by atoms with Gasteiger partial charge in [-0.05, 0) is 99.6 Å². The Balaban J connectivity index is 1.15. The minimum atomic E-state index is -0.689. The molecule has 0 spiro atoms. The zero-order valence-electron chi connectivity index (χ0n) is 26.2. The molecule has 9 atom stereocenters. The third kappa shape index (κ3) is 5.79. The molecule has 3 aliphatic heterocycles. The zero-order valence-corrected chi connectivity index (χ0v) is 26.2. The van der Waals surface area contributed by atoms with Crippen LogP contribution < -0.4 is 0 Å². The Labute approximate surface area is 253 Å². The second-order valence-corrected chi connectivity index (χ2v) is 15.3. The Bertz CT molecular complexity index is 1210. The maximum Gasteiger partial charge on any atom is 0.304 e. The molecule has 42 heavy (non-hydrogen) atoms. The highest BCUT2D eigenvalue weighted by molar-refractivity contribution is 5.76. The fourth-order valence-corrected chi connectivity index (χ4v) is 10.6. The van der Waals surface area contributed by atoms with Crippen LogP contribution in [0.25, 0.3) is 11.0 Å². The van der Waals surface area contributed by atoms with Gasteiger partial charge in [-0.15, -0.1) is 0 Å². The summed E-state index contributed by atoms with van der Waals surface area (Å²) < 4.78 is 2.70. The molecule has 230 valence electrons. The minimum Gasteiger partial charge on any atom is -0.481 e. The van der Waals surface area contributed by atoms with E-state index >= 15 is 0 Å². The molecule has 0 radical (unpaired) electrons. The number of aliphatic carboxylic acids is 1. The molecule has 3 saturated heterocycles. The summed E-state index contributed by atoms with van der Waals surface area (Å²) >= 11 is 0. The number of carboxylic acid groups (broad SMARTS) is 1. The molecule has 1 aromatic carbocycles. The molecule has 6 heteroatoms. The van der Waals surface area contributed by atoms with Gasteiger partial charge in [0.05, 0.1) is 17.5 Å². The minimum absolute atomic E-state index is 0.242. The van der Waals surface area contributed by atoms with Gasteiger partial charge in [-0.25, -0.2) is 4.98 Å². The average Bonchev–Trinajstić information content (AvgIpc) is 3.25. The first-order valence-electron chi connectivity index (χ1n) is 17.6. The molecule has 2 aromatic rings. The number of likely N-dealkylation sites (tertiary alicyclic amines) is 1. The van der Waals surface area contributed by atoms with Crippen molar-refractivity contribution >= 4 is 17.0 Å². The predicted molar refractivity (Wildman–Crippen MR) is 169 cm³/mol. The van der Waals surface area contributed by atoms with Crippen LogP contribution in [0.1, 0.15) is 109 Å². The molecule has 1 N–H and O–H groups in total. The van der Waals surface area contributed by atoms with Gasteiger partial charge < -0.3 is 14.6 Å². The Hall–Kier alpha value is -1.92. The summed E-state index contributed by atoms with van der Waals surface area (Å²) in [6, 6.07) is 11.5. The topological polar surface area (TPSA) is 61.6 Å². The Morgan fingerprint density at radius 3 is 2.31 bits per heavy atom. The van der Waals surface area contributed by atoms with Crippen molar-refractivity contribution in [2.75, 3.05) is 19.6 Å². The Morgan fingerprint density at radius 2 is 1.60 bits per heavy atom. The number of rotatable bonds is 7. The van der Waals surface area contributed by atoms with Crippen LogP contribution in [0, 0.1) is 29.6 Å². The first-order valence-corrected chi connectivity index (χ1v) is 17.6. The average molecular weight is 575 g/mol. The van der Waals surface area contributed by atoms with E-state index in [9.17, 15) is 9.90 Å². The highest BCUT2D eigenvalue weighted by Crippen LogP contribution is 2.50. The molecule has 5 unspecified atom stereocenters. The third-order valence-corrected chi connectivity index (χ3v) is 12.4. The van der Waals surface area contributed by atoms with E-state index in [0.29, 0.717) is 30.6 Å². The van der Waals surface area contributed by atoms with Crippen LogP contribution in [-0.2, 0) is 11.2 Å². The lowest BCUT2D eigenvalue weighted by Gasteiger charge is -2.58. The van der Waals surface area contributed by atoms with Gasteiger partial charge in [0, 0.05) is 43.7 Å². The molecule has 5 fully saturated rings. The summed E-state index contributed by atoms with van der Waals surface area (Å²) in [7, 11) is 0. The Morgan fingerprint density at radius 1 is 0.881 bits per heavy atom. The van der Waals surface area contributed by atoms with E-state index in [4.69, 9.17) is 4.98 Å². The van der Waals surface area contributed by atoms with E-state index in [1.54, 1.807) is 0 Å². The molecular weight excluding hydrogens is 520 g/mol. The predicted octanol–water partition coefficient (Wildman–Crippen LogP) is 7.17. The van der Waals surface area contributed by atoms with Gasteiger partial charge in [-0.2, -0.15) is 0 Å². The number of piperidine rings is 3. The van der Waals surface area contributed by atoms with Gasteiger partial charge in [0.1, 0.15) is 5.82 Å². The molecule has 5 aliphatic rings. The van der Waals surface area contributed by atoms with Crippen molar-refractivity contribution in [1.29, 1.82) is 0 Å². The number of carbonyl (C=O) groups is 1. The number of hydrogen-bond donors (Lipinski definition) is 1. The van der Waals surface area contributed by atoms with Crippen molar-refractivity contribution in [3.05, 3.63) is 30.1 Å². The smallest absolute Gasteiger partial charge is 0.304 e. The molecular formula is C36H54N4O2. The van der Waals surface area contributed by atoms with E-state index in [0.717, 1.165) is 61.2 Å². The number of benzene rings is 1. The van der Waals surface area contributed by atoms with Gasteiger partial charge in [0.2, 0.25) is 0 Å². The summed E-state index contributed by atoms with van der Waals surface area (Å²) in [5, 5.41) is 9.22. The quantitative estimate of drug-likeness (QED) is 0.380. The van der Waals surface area contributed by atoms with E-state index in [1.807, 2.05) is 0 Å². The number of carboxylic acids is 1. The first-order chi connectivity index (χ1) is 20.4. The molecule has 2 aliphatic carbocycles. The standard InChI is InChI=1S/C36H54N4O2/c1-24-16-25(2)34-22-30(21-33(24)39(34)29-18-26-8-3-4-9-27(17-26)19-29)40-32-12-6-5-11-31(32)37-35(40)20-28-10-7-14-38(23-28)15-13-36(41)42/h5-6,11-12,24-30,33-34H,3-4,7-10,13-23H2,1-2H3,(H,41,42)/t24-,25?,26-,27+,28+,29?,30?,33?,34?/m1/s1. The highest BCUT2D eigenvalue weighted by atomic mass is 16.4. The van der Waals surface area contributed by atoms with Crippen LogP contribution in [0.4, 0.5) is 0 Å². The van der Waals surface area contributed by atoms with Crippen LogP contribution in [0.15, 0.2) is 24.3 Å². The summed E-state index contributed by atoms with van der Waals surface area (Å²) in [5.41, 5.74) is 2.47. The maximum absolute atomic E-state index is 11.2. The summed E-state index contributed by atoms with van der Waals surface area (Å²) in [5.74, 6) is 4.58. The van der Waals surface area contributed by atoms with E-state index < -0.39 is 5.97 Å². The number of imidazole rings is 1. The summed E-state index contributed by atoms with van der Waals surface area (Å²) in [6.07, 6.45) is 17.8. The molecule has 0 amide bonds. The number of aromatic nitrogens is 2. The summed E-state index contributed by atoms with van der Waals surface area (Å²) in [4.78, 5) is 22.0. The van der Waals surface area contributed by atoms with Crippen molar-refractivity contribution in [3.8, 4) is 0 Å². The highest BCUT2D eigenvalue weighted by Gasteiger charge is 2.49. The van der Waals surface area contributed by atoms with Crippen molar-refractivity contribution in [2.45, 2.75) is 128 Å². The molecule has 4 bridgehead atoms. The van der Waals surface area contributed by atoms with Crippen molar-refractivity contribution < 1.29 is 9.90 Å². The first kappa shape index (κ1) is 28.8. The van der Waals surface area contributed by atoms with Crippen LogP contribution in [0.2, 0.25) is 0 Å². The van der Waals surface area contributed by atoms with Crippen LogP contribution in [0.5, 0.6) is 0 Å². The molecule has 1 aromatic heterocycles. The maximum atomic E-state index is 11.2. The van der Waals surface area contributed by atoms with Gasteiger partial charge in [-0.3, -0.25) is 9.69 Å². The lowest BCUT2D eigenvalue weighted by molar-refractivity contribution is -0.137. The second kappa shape index (κ2) is 12.2. The monoisotopic (exact) mass is 574 g/mol. The fraction of sp³-hybridized carbons (Fsp3) is 0.778. The lowest BCUT2D eigenvalue weighted by Crippen LogP contribution is -2.62. The molecule has 2 saturated carbocycles. The number of para-hydroxylation sites is 2. The van der Waals surface area contributed by atoms with E-state index in [-0.39, 0.29) is 6.42 Å². The van der Waals surface area contributed by atoms with Crippen LogP contribution >= 0.6 is 0 Å². The third-order valence-electron chi connectivity index (χ3n) is 12.4. The van der Waals surface area contributed by atoms with E-state index in [1.165, 1.54) is 82.0 Å². The van der Waals surface area contributed by atoms with Gasteiger partial charge in [0.25, 0.3) is 0 Å². The van der Waals surface area contributed by atoms with Gasteiger partial charge >= 0.3 is 5.97 Å². The second-order valence-electron chi connectivity index (χ2n) is 15.3. The fourth-order valence-electron chi connectivity index (χ4n) is 10.6. The molecule has 6 nitrogen and oxygen atoms in total. The normalized spacial score (nSPS) is 37.9. The number of hydrogen-bond acceptors (Lipinski definition) is 4.